The van der Waals surface area contributed by atoms with E-state index in [0.717, 1.165) is 72.5 Å². The minimum absolute atomic E-state index is 0.900. The summed E-state index contributed by atoms with van der Waals surface area (Å²) in [7, 11) is 0. The summed E-state index contributed by atoms with van der Waals surface area (Å²) in [4.78, 5) is 2.45. The maximum atomic E-state index is 6.50. The Labute approximate surface area is 376 Å². The van der Waals surface area contributed by atoms with Gasteiger partial charge in [0.1, 0.15) is 11.2 Å². The summed E-state index contributed by atoms with van der Waals surface area (Å²) in [6.07, 6.45) is 0. The van der Waals surface area contributed by atoms with E-state index in [0.29, 0.717) is 0 Å². The third-order valence-corrected chi connectivity index (χ3v) is 13.2. The van der Waals surface area contributed by atoms with Crippen molar-refractivity contribution in [2.24, 2.45) is 0 Å². The van der Waals surface area contributed by atoms with Gasteiger partial charge in [0.2, 0.25) is 0 Å². The zero-order chi connectivity index (χ0) is 42.8. The second-order valence-electron chi connectivity index (χ2n) is 16.8. The van der Waals surface area contributed by atoms with Crippen molar-refractivity contribution >= 4 is 82.4 Å². The average Bonchev–Trinajstić information content (AvgIpc) is 3.93. The molecule has 0 bridgehead atoms. The van der Waals surface area contributed by atoms with Crippen LogP contribution in [0.4, 0.5) is 17.1 Å². The van der Waals surface area contributed by atoms with E-state index in [1.165, 1.54) is 48.9 Å². The molecule has 0 aliphatic heterocycles. The zero-order valence-corrected chi connectivity index (χ0v) is 35.4. The molecular formula is C62H40N2O. The van der Waals surface area contributed by atoms with E-state index < -0.39 is 0 Å². The highest BCUT2D eigenvalue weighted by atomic mass is 16.3. The molecule has 0 N–H and O–H groups in total. The molecular weight excluding hydrogens is 789 g/mol. The van der Waals surface area contributed by atoms with Crippen molar-refractivity contribution in [1.82, 2.24) is 4.57 Å². The largest absolute Gasteiger partial charge is 0.455 e. The number of rotatable bonds is 7. The van der Waals surface area contributed by atoms with Crippen LogP contribution in [0.15, 0.2) is 247 Å². The first-order valence-corrected chi connectivity index (χ1v) is 22.3. The van der Waals surface area contributed by atoms with Gasteiger partial charge in [-0.05, 0) is 87.4 Å². The predicted octanol–water partition coefficient (Wildman–Crippen LogP) is 17.5. The molecule has 13 rings (SSSR count). The van der Waals surface area contributed by atoms with Crippen LogP contribution in [0, 0.1) is 0 Å². The maximum Gasteiger partial charge on any atom is 0.143 e. The molecule has 0 radical (unpaired) electrons. The number of aromatic nitrogens is 1. The highest BCUT2D eigenvalue weighted by molar-refractivity contribution is 6.15. The molecule has 2 heterocycles. The monoisotopic (exact) mass is 828 g/mol. The van der Waals surface area contributed by atoms with Crippen LogP contribution in [0.25, 0.3) is 104 Å². The van der Waals surface area contributed by atoms with Gasteiger partial charge in [-0.3, -0.25) is 0 Å². The van der Waals surface area contributed by atoms with Crippen molar-refractivity contribution in [3.63, 3.8) is 0 Å². The van der Waals surface area contributed by atoms with E-state index >= 15 is 0 Å². The first-order chi connectivity index (χ1) is 32.3. The summed E-state index contributed by atoms with van der Waals surface area (Å²) < 4.78 is 8.93. The number of furan rings is 1. The van der Waals surface area contributed by atoms with Crippen LogP contribution >= 0.6 is 0 Å². The van der Waals surface area contributed by atoms with Crippen LogP contribution in [0.3, 0.4) is 0 Å². The lowest BCUT2D eigenvalue weighted by molar-refractivity contribution is 0.670. The predicted molar refractivity (Wildman–Crippen MR) is 274 cm³/mol. The van der Waals surface area contributed by atoms with Crippen LogP contribution < -0.4 is 4.90 Å². The Morgan fingerprint density at radius 2 is 0.877 bits per heavy atom. The van der Waals surface area contributed by atoms with E-state index in [9.17, 15) is 0 Å². The van der Waals surface area contributed by atoms with E-state index in [2.05, 4.69) is 240 Å². The molecule has 2 aromatic heterocycles. The molecule has 3 nitrogen and oxygen atoms in total. The van der Waals surface area contributed by atoms with Gasteiger partial charge in [-0.25, -0.2) is 0 Å². The number of hydrogen-bond donors (Lipinski definition) is 0. The quantitative estimate of drug-likeness (QED) is 0.149. The van der Waals surface area contributed by atoms with Gasteiger partial charge in [0, 0.05) is 49.3 Å². The number of anilines is 3. The molecule has 13 aromatic rings. The molecule has 0 saturated carbocycles. The van der Waals surface area contributed by atoms with E-state index in [4.69, 9.17) is 4.42 Å². The fourth-order valence-corrected chi connectivity index (χ4v) is 10.3. The Morgan fingerprint density at radius 1 is 0.323 bits per heavy atom. The van der Waals surface area contributed by atoms with Gasteiger partial charge in [0.05, 0.1) is 28.1 Å². The smallest absolute Gasteiger partial charge is 0.143 e. The van der Waals surface area contributed by atoms with Gasteiger partial charge in [-0.1, -0.05) is 188 Å². The number of nitrogens with zero attached hydrogens (tertiary/aromatic N) is 2. The summed E-state index contributed by atoms with van der Waals surface area (Å²) in [5.74, 6) is 0. The van der Waals surface area contributed by atoms with Crippen molar-refractivity contribution in [2.45, 2.75) is 0 Å². The minimum Gasteiger partial charge on any atom is -0.455 e. The Kier molecular flexibility index (Phi) is 8.53. The second-order valence-corrected chi connectivity index (χ2v) is 16.8. The Balaban J connectivity index is 0.993. The highest BCUT2D eigenvalue weighted by Gasteiger charge is 2.22. The van der Waals surface area contributed by atoms with E-state index in [-0.39, 0.29) is 0 Å². The average molecular weight is 829 g/mol. The highest BCUT2D eigenvalue weighted by Crippen LogP contribution is 2.47. The molecule has 0 aliphatic rings. The number of fused-ring (bicyclic) bond motifs is 9. The van der Waals surface area contributed by atoms with E-state index in [1.54, 1.807) is 0 Å². The lowest BCUT2D eigenvalue weighted by Crippen LogP contribution is -2.12. The Bertz CT molecular complexity index is 3910. The molecule has 65 heavy (non-hydrogen) atoms. The molecule has 0 unspecified atom stereocenters. The fourth-order valence-electron chi connectivity index (χ4n) is 10.3. The molecule has 0 amide bonds. The summed E-state index contributed by atoms with van der Waals surface area (Å²) in [5.41, 5.74) is 15.4. The van der Waals surface area contributed by atoms with Crippen molar-refractivity contribution in [2.75, 3.05) is 4.90 Å². The molecule has 0 aliphatic carbocycles. The Hall–Kier alpha value is -8.66. The standard InChI is InChI=1S/C62H40N2O/c1-2-20-46-44(17-1)40-60(51-24-4-3-23-50(46)51)63(45-37-35-41(36-38-45)49-28-16-29-55-54-27-9-14-34-61(54)65-62(49)55)56-30-10-5-21-47(56)42-18-15-19-43(39-42)48-22-6-11-31-57(48)64-58-32-12-7-25-52(58)53-26-8-13-33-59(53)64/h1-40H. The summed E-state index contributed by atoms with van der Waals surface area (Å²) in [6.45, 7) is 0. The number of hydrogen-bond acceptors (Lipinski definition) is 2. The van der Waals surface area contributed by atoms with Gasteiger partial charge in [0.25, 0.3) is 0 Å². The van der Waals surface area contributed by atoms with Gasteiger partial charge < -0.3 is 13.9 Å². The lowest BCUT2D eigenvalue weighted by atomic mass is 9.95. The van der Waals surface area contributed by atoms with Crippen LogP contribution in [0.1, 0.15) is 0 Å². The van der Waals surface area contributed by atoms with Crippen molar-refractivity contribution in [3.8, 4) is 39.1 Å². The zero-order valence-electron chi connectivity index (χ0n) is 35.4. The fraction of sp³-hybridized carbons (Fsp3) is 0. The van der Waals surface area contributed by atoms with Gasteiger partial charge in [-0.2, -0.15) is 0 Å². The topological polar surface area (TPSA) is 21.3 Å². The summed E-state index contributed by atoms with van der Waals surface area (Å²) in [6, 6.07) is 87.8. The van der Waals surface area contributed by atoms with Gasteiger partial charge in [-0.15, -0.1) is 0 Å². The van der Waals surface area contributed by atoms with Crippen LogP contribution in [0.5, 0.6) is 0 Å². The molecule has 304 valence electrons. The molecule has 0 saturated heterocycles. The lowest BCUT2D eigenvalue weighted by Gasteiger charge is -2.30. The number of benzene rings is 11. The Morgan fingerprint density at radius 3 is 1.66 bits per heavy atom. The minimum atomic E-state index is 0.900. The SMILES string of the molecule is c1cc(-c2ccccc2N(c2ccc(-c3cccc4c3oc3ccccc34)cc2)c2cc3ccccc3c3ccccc23)cc(-c2ccccc2-n2c3ccccc3c3ccccc32)c1. The van der Waals surface area contributed by atoms with Crippen molar-refractivity contribution in [1.29, 1.82) is 0 Å². The van der Waals surface area contributed by atoms with Crippen LogP contribution in [0.2, 0.25) is 0 Å². The molecule has 0 spiro atoms. The number of para-hydroxylation sites is 6. The molecule has 0 fully saturated rings. The third kappa shape index (κ3) is 5.97. The second kappa shape index (κ2) is 15.0. The summed E-state index contributed by atoms with van der Waals surface area (Å²) >= 11 is 0. The molecule has 0 atom stereocenters. The van der Waals surface area contributed by atoms with Crippen LogP contribution in [-0.2, 0) is 0 Å². The molecule has 3 heteroatoms. The summed E-state index contributed by atoms with van der Waals surface area (Å²) in [5, 5.41) is 9.60. The first kappa shape index (κ1) is 36.9. The van der Waals surface area contributed by atoms with E-state index in [1.807, 2.05) is 12.1 Å². The first-order valence-electron chi connectivity index (χ1n) is 22.3. The maximum absolute atomic E-state index is 6.50. The molecule has 11 aromatic carbocycles. The normalized spacial score (nSPS) is 11.7. The van der Waals surface area contributed by atoms with Gasteiger partial charge >= 0.3 is 0 Å². The van der Waals surface area contributed by atoms with Crippen molar-refractivity contribution in [3.05, 3.63) is 243 Å². The third-order valence-electron chi connectivity index (χ3n) is 13.2. The van der Waals surface area contributed by atoms with Crippen LogP contribution in [-0.4, -0.2) is 4.57 Å². The van der Waals surface area contributed by atoms with Crippen molar-refractivity contribution < 1.29 is 4.42 Å². The van der Waals surface area contributed by atoms with Gasteiger partial charge in [0.15, 0.2) is 0 Å².